The summed E-state index contributed by atoms with van der Waals surface area (Å²) in [5, 5.41) is 11.4. The monoisotopic (exact) mass is 261 g/mol. The van der Waals surface area contributed by atoms with E-state index in [2.05, 4.69) is 17.4 Å². The Hall–Kier alpha value is -1.84. The summed E-state index contributed by atoms with van der Waals surface area (Å²) in [6, 6.07) is 10.2. The topological polar surface area (TPSA) is 66.4 Å². The van der Waals surface area contributed by atoms with Crippen molar-refractivity contribution in [2.45, 2.75) is 37.5 Å². The third-order valence-corrected chi connectivity index (χ3v) is 3.66. The van der Waals surface area contributed by atoms with Gasteiger partial charge in [0.2, 0.25) is 5.91 Å². The van der Waals surface area contributed by atoms with Crippen molar-refractivity contribution < 1.29 is 14.7 Å². The maximum Gasteiger partial charge on any atom is 0.303 e. The van der Waals surface area contributed by atoms with Gasteiger partial charge in [0.05, 0.1) is 0 Å². The van der Waals surface area contributed by atoms with Crippen LogP contribution in [-0.2, 0) is 15.0 Å². The molecule has 1 saturated carbocycles. The summed E-state index contributed by atoms with van der Waals surface area (Å²) >= 11 is 0. The number of carboxylic acid groups (broad SMARTS) is 1. The van der Waals surface area contributed by atoms with Crippen molar-refractivity contribution >= 4 is 11.9 Å². The Balaban J connectivity index is 1.76. The number of carboxylic acids is 1. The number of benzene rings is 1. The van der Waals surface area contributed by atoms with Gasteiger partial charge < -0.3 is 10.4 Å². The van der Waals surface area contributed by atoms with Crippen LogP contribution >= 0.6 is 0 Å². The normalized spacial score (nSPS) is 15.8. The molecule has 102 valence electrons. The number of rotatable bonds is 7. The lowest BCUT2D eigenvalue weighted by Gasteiger charge is -2.16. The van der Waals surface area contributed by atoms with Crippen LogP contribution in [0, 0.1) is 0 Å². The van der Waals surface area contributed by atoms with Crippen molar-refractivity contribution in [3.8, 4) is 0 Å². The predicted octanol–water partition coefficient (Wildman–Crippen LogP) is 2.09. The molecule has 2 N–H and O–H groups in total. The van der Waals surface area contributed by atoms with Crippen LogP contribution in [0.5, 0.6) is 0 Å². The molecule has 1 amide bonds. The number of hydrogen-bond donors (Lipinski definition) is 2. The van der Waals surface area contributed by atoms with E-state index in [9.17, 15) is 9.59 Å². The lowest BCUT2D eigenvalue weighted by Crippen LogP contribution is -2.32. The van der Waals surface area contributed by atoms with E-state index >= 15 is 0 Å². The number of amides is 1. The van der Waals surface area contributed by atoms with E-state index in [0.717, 1.165) is 12.8 Å². The first kappa shape index (κ1) is 13.6. The first-order valence-electron chi connectivity index (χ1n) is 6.66. The van der Waals surface area contributed by atoms with Crippen LogP contribution < -0.4 is 5.32 Å². The number of hydrogen-bond acceptors (Lipinski definition) is 2. The molecule has 19 heavy (non-hydrogen) atoms. The first-order chi connectivity index (χ1) is 9.12. The van der Waals surface area contributed by atoms with E-state index in [0.29, 0.717) is 13.0 Å². The van der Waals surface area contributed by atoms with Crippen LogP contribution in [0.4, 0.5) is 0 Å². The van der Waals surface area contributed by atoms with Gasteiger partial charge in [0.1, 0.15) is 0 Å². The number of carbonyl (C=O) groups excluding carboxylic acids is 1. The number of aliphatic carboxylic acids is 1. The molecule has 1 fully saturated rings. The molecule has 0 spiro atoms. The summed E-state index contributed by atoms with van der Waals surface area (Å²) in [7, 11) is 0. The standard InChI is InChI=1S/C15H19NO3/c17-13(7-4-8-14(18)19)16-11-15(9-10-15)12-5-2-1-3-6-12/h1-3,5-6H,4,7-11H2,(H,16,17)(H,18,19). The average Bonchev–Trinajstić information content (AvgIpc) is 3.18. The zero-order valence-electron chi connectivity index (χ0n) is 10.9. The molecule has 0 aliphatic heterocycles. The summed E-state index contributed by atoms with van der Waals surface area (Å²) in [6.07, 6.45) is 2.95. The van der Waals surface area contributed by atoms with Crippen LogP contribution in [0.15, 0.2) is 30.3 Å². The summed E-state index contributed by atoms with van der Waals surface area (Å²) in [4.78, 5) is 22.0. The number of nitrogens with one attached hydrogen (secondary N) is 1. The van der Waals surface area contributed by atoms with E-state index in [1.165, 1.54) is 5.56 Å². The smallest absolute Gasteiger partial charge is 0.303 e. The van der Waals surface area contributed by atoms with Crippen molar-refractivity contribution in [1.29, 1.82) is 0 Å². The van der Waals surface area contributed by atoms with E-state index in [4.69, 9.17) is 5.11 Å². The molecule has 4 heteroatoms. The Bertz CT molecular complexity index is 452. The van der Waals surface area contributed by atoms with Gasteiger partial charge >= 0.3 is 5.97 Å². The van der Waals surface area contributed by atoms with Gasteiger partial charge in [-0.05, 0) is 24.8 Å². The molecule has 0 unspecified atom stereocenters. The van der Waals surface area contributed by atoms with Crippen molar-refractivity contribution in [3.05, 3.63) is 35.9 Å². The summed E-state index contributed by atoms with van der Waals surface area (Å²) in [5.74, 6) is -0.904. The van der Waals surface area contributed by atoms with Gasteiger partial charge in [0, 0.05) is 24.8 Å². The molecule has 1 aliphatic carbocycles. The Morgan fingerprint density at radius 1 is 1.16 bits per heavy atom. The van der Waals surface area contributed by atoms with Crippen molar-refractivity contribution in [3.63, 3.8) is 0 Å². The van der Waals surface area contributed by atoms with Gasteiger partial charge in [-0.3, -0.25) is 9.59 Å². The third-order valence-electron chi connectivity index (χ3n) is 3.66. The fourth-order valence-electron chi connectivity index (χ4n) is 2.27. The van der Waals surface area contributed by atoms with E-state index in [1.807, 2.05) is 18.2 Å². The average molecular weight is 261 g/mol. The van der Waals surface area contributed by atoms with Crippen molar-refractivity contribution in [2.75, 3.05) is 6.54 Å². The van der Waals surface area contributed by atoms with Crippen LogP contribution in [0.25, 0.3) is 0 Å². The molecule has 0 atom stereocenters. The van der Waals surface area contributed by atoms with Gasteiger partial charge in [-0.15, -0.1) is 0 Å². The second-order valence-electron chi connectivity index (χ2n) is 5.17. The lowest BCUT2D eigenvalue weighted by atomic mass is 9.96. The SMILES string of the molecule is O=C(O)CCCC(=O)NCC1(c2ccccc2)CC1. The molecule has 2 rings (SSSR count). The summed E-state index contributed by atoms with van der Waals surface area (Å²) < 4.78 is 0. The molecule has 0 bridgehead atoms. The van der Waals surface area contributed by atoms with E-state index in [1.54, 1.807) is 0 Å². The minimum atomic E-state index is -0.851. The molecule has 1 aliphatic rings. The Kier molecular flexibility index (Phi) is 4.20. The molecule has 0 heterocycles. The fraction of sp³-hybridized carbons (Fsp3) is 0.467. The zero-order chi connectivity index (χ0) is 13.7. The minimum absolute atomic E-state index is 0.0524. The van der Waals surface area contributed by atoms with Crippen molar-refractivity contribution in [1.82, 2.24) is 5.32 Å². The molecule has 1 aromatic rings. The van der Waals surface area contributed by atoms with Crippen LogP contribution in [0.3, 0.4) is 0 Å². The van der Waals surface area contributed by atoms with Gasteiger partial charge in [-0.25, -0.2) is 0 Å². The van der Waals surface area contributed by atoms with Gasteiger partial charge in [0.25, 0.3) is 0 Å². The summed E-state index contributed by atoms with van der Waals surface area (Å²) in [5.41, 5.74) is 1.39. The Morgan fingerprint density at radius 2 is 1.84 bits per heavy atom. The highest BCUT2D eigenvalue weighted by Crippen LogP contribution is 2.47. The highest BCUT2D eigenvalue weighted by atomic mass is 16.4. The molecular formula is C15H19NO3. The maximum atomic E-state index is 11.6. The van der Waals surface area contributed by atoms with Crippen LogP contribution in [0.2, 0.25) is 0 Å². The molecular weight excluding hydrogens is 242 g/mol. The van der Waals surface area contributed by atoms with Gasteiger partial charge in [-0.1, -0.05) is 30.3 Å². The Morgan fingerprint density at radius 3 is 2.42 bits per heavy atom. The van der Waals surface area contributed by atoms with Crippen molar-refractivity contribution in [2.24, 2.45) is 0 Å². The second-order valence-corrected chi connectivity index (χ2v) is 5.17. The van der Waals surface area contributed by atoms with Gasteiger partial charge in [-0.2, -0.15) is 0 Å². The molecule has 0 radical (unpaired) electrons. The van der Waals surface area contributed by atoms with Crippen LogP contribution in [0.1, 0.15) is 37.7 Å². The zero-order valence-corrected chi connectivity index (χ0v) is 10.9. The molecule has 0 saturated heterocycles. The van der Waals surface area contributed by atoms with E-state index in [-0.39, 0.29) is 24.2 Å². The third kappa shape index (κ3) is 3.81. The molecule has 4 nitrogen and oxygen atoms in total. The lowest BCUT2D eigenvalue weighted by molar-refractivity contribution is -0.137. The minimum Gasteiger partial charge on any atom is -0.481 e. The fourth-order valence-corrected chi connectivity index (χ4v) is 2.27. The first-order valence-corrected chi connectivity index (χ1v) is 6.66. The van der Waals surface area contributed by atoms with Crippen LogP contribution in [-0.4, -0.2) is 23.5 Å². The summed E-state index contributed by atoms with van der Waals surface area (Å²) in [6.45, 7) is 0.656. The molecule has 0 aromatic heterocycles. The maximum absolute atomic E-state index is 11.6. The highest BCUT2D eigenvalue weighted by Gasteiger charge is 2.44. The van der Waals surface area contributed by atoms with E-state index < -0.39 is 5.97 Å². The number of carbonyl (C=O) groups is 2. The highest BCUT2D eigenvalue weighted by molar-refractivity contribution is 5.77. The predicted molar refractivity (Wildman–Crippen MR) is 71.9 cm³/mol. The largest absolute Gasteiger partial charge is 0.481 e. The Labute approximate surface area is 112 Å². The second kappa shape index (κ2) is 5.87. The van der Waals surface area contributed by atoms with Gasteiger partial charge in [0.15, 0.2) is 0 Å². The quantitative estimate of drug-likeness (QED) is 0.789. The molecule has 1 aromatic carbocycles.